The van der Waals surface area contributed by atoms with Crippen molar-refractivity contribution >= 4 is 17.1 Å². The molecule has 1 N–H and O–H groups in total. The van der Waals surface area contributed by atoms with Gasteiger partial charge in [0.1, 0.15) is 11.3 Å². The normalized spacial score (nSPS) is 19.4. The quantitative estimate of drug-likeness (QED) is 0.852. The first-order chi connectivity index (χ1) is 10.6. The number of phenols is 1. The van der Waals surface area contributed by atoms with Gasteiger partial charge in [-0.1, -0.05) is 0 Å². The lowest BCUT2D eigenvalue weighted by Crippen LogP contribution is -2.42. The zero-order valence-corrected chi connectivity index (χ0v) is 12.3. The molecule has 1 aromatic carbocycles. The third kappa shape index (κ3) is 3.37. The first-order valence-electron chi connectivity index (χ1n) is 7.13. The molecule has 0 radical (unpaired) electrons. The van der Waals surface area contributed by atoms with Crippen LogP contribution in [0.25, 0.3) is 11.1 Å². The summed E-state index contributed by atoms with van der Waals surface area (Å²) in [5.41, 5.74) is 1.28. The molecule has 2 aromatic rings. The lowest BCUT2D eigenvalue weighted by Gasteiger charge is -2.31. The Kier molecular flexibility index (Phi) is 4.26. The van der Waals surface area contributed by atoms with Gasteiger partial charge >= 0.3 is 5.97 Å². The first kappa shape index (κ1) is 14.8. The van der Waals surface area contributed by atoms with Crippen molar-refractivity contribution in [2.24, 2.45) is 0 Å². The van der Waals surface area contributed by atoms with E-state index in [1.54, 1.807) is 18.2 Å². The van der Waals surface area contributed by atoms with E-state index in [0.717, 1.165) is 6.54 Å². The van der Waals surface area contributed by atoms with Gasteiger partial charge in [0.25, 0.3) is 0 Å². The number of oxazole rings is 1. The molecular formula is C15H18N2O5. The summed E-state index contributed by atoms with van der Waals surface area (Å²) >= 11 is 0. The van der Waals surface area contributed by atoms with Crippen LogP contribution in [0.3, 0.4) is 0 Å². The standard InChI is InChI=1S/C15H18N2O5/c1-20-15(19)7-11-8-17(4-5-21-11)9-14-16-12-3-2-10(18)6-13(12)22-14/h2-3,6,11,18H,4-5,7-9H2,1H3/t11-/m1/s1. The molecule has 1 saturated heterocycles. The number of ether oxygens (including phenoxy) is 2. The number of benzene rings is 1. The van der Waals surface area contributed by atoms with Crippen LogP contribution in [0.2, 0.25) is 0 Å². The van der Waals surface area contributed by atoms with Gasteiger partial charge in [0, 0.05) is 19.2 Å². The largest absolute Gasteiger partial charge is 0.508 e. The smallest absolute Gasteiger partial charge is 0.308 e. The van der Waals surface area contributed by atoms with E-state index in [1.807, 2.05) is 0 Å². The fourth-order valence-corrected chi connectivity index (χ4v) is 2.54. The van der Waals surface area contributed by atoms with Crippen molar-refractivity contribution in [3.8, 4) is 5.75 Å². The number of hydrogen-bond acceptors (Lipinski definition) is 7. The minimum atomic E-state index is -0.274. The number of morpholine rings is 1. The molecule has 0 aliphatic carbocycles. The van der Waals surface area contributed by atoms with Gasteiger partial charge in [-0.25, -0.2) is 4.98 Å². The fraction of sp³-hybridized carbons (Fsp3) is 0.467. The lowest BCUT2D eigenvalue weighted by molar-refractivity contribution is -0.145. The van der Waals surface area contributed by atoms with E-state index in [-0.39, 0.29) is 24.2 Å². The number of rotatable bonds is 4. The van der Waals surface area contributed by atoms with Gasteiger partial charge in [-0.2, -0.15) is 0 Å². The Labute approximate surface area is 127 Å². The van der Waals surface area contributed by atoms with Crippen LogP contribution in [0.15, 0.2) is 22.6 Å². The molecular weight excluding hydrogens is 288 g/mol. The Balaban J connectivity index is 1.64. The molecule has 0 amide bonds. The number of carbonyl (C=O) groups is 1. The van der Waals surface area contributed by atoms with Crippen molar-refractivity contribution in [2.75, 3.05) is 26.8 Å². The SMILES string of the molecule is COC(=O)C[C@@H]1CN(Cc2nc3ccc(O)cc3o2)CCO1. The summed E-state index contributed by atoms with van der Waals surface area (Å²) in [5.74, 6) is 0.461. The van der Waals surface area contributed by atoms with Gasteiger partial charge in [0.15, 0.2) is 5.58 Å². The van der Waals surface area contributed by atoms with Crippen molar-refractivity contribution in [3.63, 3.8) is 0 Å². The van der Waals surface area contributed by atoms with Gasteiger partial charge in [-0.3, -0.25) is 9.69 Å². The van der Waals surface area contributed by atoms with E-state index in [1.165, 1.54) is 7.11 Å². The van der Waals surface area contributed by atoms with Crippen molar-refractivity contribution in [3.05, 3.63) is 24.1 Å². The average molecular weight is 306 g/mol. The third-order valence-corrected chi connectivity index (χ3v) is 3.62. The molecule has 7 nitrogen and oxygen atoms in total. The summed E-state index contributed by atoms with van der Waals surface area (Å²) in [6, 6.07) is 4.85. The maximum Gasteiger partial charge on any atom is 0.308 e. The molecule has 1 aromatic heterocycles. The van der Waals surface area contributed by atoms with Crippen molar-refractivity contribution in [2.45, 2.75) is 19.1 Å². The van der Waals surface area contributed by atoms with Gasteiger partial charge in [0.05, 0.1) is 32.8 Å². The van der Waals surface area contributed by atoms with E-state index in [0.29, 0.717) is 36.7 Å². The molecule has 3 rings (SSSR count). The number of esters is 1. The second-order valence-electron chi connectivity index (χ2n) is 5.27. The summed E-state index contributed by atoms with van der Waals surface area (Å²) in [4.78, 5) is 17.8. The Morgan fingerprint density at radius 1 is 1.55 bits per heavy atom. The number of hydrogen-bond donors (Lipinski definition) is 1. The molecule has 0 spiro atoms. The highest BCUT2D eigenvalue weighted by Gasteiger charge is 2.24. The number of aromatic nitrogens is 1. The van der Waals surface area contributed by atoms with Crippen LogP contribution in [-0.2, 0) is 20.8 Å². The highest BCUT2D eigenvalue weighted by atomic mass is 16.5. The zero-order chi connectivity index (χ0) is 15.5. The Hall–Kier alpha value is -2.12. The summed E-state index contributed by atoms with van der Waals surface area (Å²) in [6.07, 6.45) is 0.0728. The van der Waals surface area contributed by atoms with Crippen LogP contribution < -0.4 is 0 Å². The molecule has 2 heterocycles. The number of fused-ring (bicyclic) bond motifs is 1. The highest BCUT2D eigenvalue weighted by Crippen LogP contribution is 2.22. The van der Waals surface area contributed by atoms with Crippen LogP contribution in [0.1, 0.15) is 12.3 Å². The van der Waals surface area contributed by atoms with E-state index in [2.05, 4.69) is 14.6 Å². The molecule has 7 heteroatoms. The third-order valence-electron chi connectivity index (χ3n) is 3.62. The van der Waals surface area contributed by atoms with Crippen molar-refractivity contribution in [1.82, 2.24) is 9.88 Å². The predicted octanol–water partition coefficient (Wildman–Crippen LogP) is 1.30. The van der Waals surface area contributed by atoms with Gasteiger partial charge in [0.2, 0.25) is 5.89 Å². The van der Waals surface area contributed by atoms with Crippen LogP contribution in [0, 0.1) is 0 Å². The minimum absolute atomic E-state index is 0.153. The number of carbonyl (C=O) groups excluding carboxylic acids is 1. The van der Waals surface area contributed by atoms with Crippen molar-refractivity contribution < 1.29 is 23.8 Å². The van der Waals surface area contributed by atoms with E-state index in [9.17, 15) is 9.90 Å². The molecule has 1 aliphatic rings. The number of aromatic hydroxyl groups is 1. The van der Waals surface area contributed by atoms with Crippen LogP contribution in [0.4, 0.5) is 0 Å². The molecule has 22 heavy (non-hydrogen) atoms. The molecule has 0 bridgehead atoms. The highest BCUT2D eigenvalue weighted by molar-refractivity contribution is 5.74. The topological polar surface area (TPSA) is 85.0 Å². The molecule has 0 saturated carbocycles. The van der Waals surface area contributed by atoms with Crippen LogP contribution in [0.5, 0.6) is 5.75 Å². The van der Waals surface area contributed by atoms with Crippen LogP contribution >= 0.6 is 0 Å². The van der Waals surface area contributed by atoms with E-state index in [4.69, 9.17) is 9.15 Å². The summed E-state index contributed by atoms with van der Waals surface area (Å²) < 4.78 is 15.9. The average Bonchev–Trinajstić information content (AvgIpc) is 2.88. The Bertz CT molecular complexity index is 669. The zero-order valence-electron chi connectivity index (χ0n) is 12.3. The molecule has 118 valence electrons. The molecule has 1 aliphatic heterocycles. The second kappa shape index (κ2) is 6.33. The maximum absolute atomic E-state index is 11.3. The summed E-state index contributed by atoms with van der Waals surface area (Å²) in [7, 11) is 1.37. The minimum Gasteiger partial charge on any atom is -0.508 e. The monoisotopic (exact) mass is 306 g/mol. The van der Waals surface area contributed by atoms with E-state index < -0.39 is 0 Å². The number of nitrogens with zero attached hydrogens (tertiary/aromatic N) is 2. The predicted molar refractivity (Wildman–Crippen MR) is 77.3 cm³/mol. The van der Waals surface area contributed by atoms with Gasteiger partial charge in [-0.05, 0) is 12.1 Å². The number of methoxy groups -OCH3 is 1. The molecule has 1 fully saturated rings. The molecule has 0 unspecified atom stereocenters. The van der Waals surface area contributed by atoms with Crippen molar-refractivity contribution in [1.29, 1.82) is 0 Å². The first-order valence-corrected chi connectivity index (χ1v) is 7.13. The number of phenolic OH excluding ortho intramolecular Hbond substituents is 1. The lowest BCUT2D eigenvalue weighted by atomic mass is 10.2. The summed E-state index contributed by atoms with van der Waals surface area (Å²) in [5, 5.41) is 9.44. The fourth-order valence-electron chi connectivity index (χ4n) is 2.54. The van der Waals surface area contributed by atoms with Crippen LogP contribution in [-0.4, -0.2) is 53.9 Å². The summed E-state index contributed by atoms with van der Waals surface area (Å²) in [6.45, 7) is 2.47. The Morgan fingerprint density at radius 2 is 2.41 bits per heavy atom. The molecule has 1 atom stereocenters. The van der Waals surface area contributed by atoms with Gasteiger partial charge < -0.3 is 19.0 Å². The maximum atomic E-state index is 11.3. The second-order valence-corrected chi connectivity index (χ2v) is 5.27. The Morgan fingerprint density at radius 3 is 3.23 bits per heavy atom. The van der Waals surface area contributed by atoms with Gasteiger partial charge in [-0.15, -0.1) is 0 Å². The van der Waals surface area contributed by atoms with E-state index >= 15 is 0 Å².